The summed E-state index contributed by atoms with van der Waals surface area (Å²) in [4.78, 5) is 29.6. The van der Waals surface area contributed by atoms with Crippen LogP contribution in [0.1, 0.15) is 37.0 Å². The lowest BCUT2D eigenvalue weighted by molar-refractivity contribution is -0.140. The second-order valence-corrected chi connectivity index (χ2v) is 13.7. The average Bonchev–Trinajstić information content (AvgIpc) is 3.03. The lowest BCUT2D eigenvalue weighted by Gasteiger charge is -2.34. The van der Waals surface area contributed by atoms with E-state index in [0.717, 1.165) is 31.5 Å². The topological polar surface area (TPSA) is 86.8 Å². The molecule has 0 aliphatic rings. The number of rotatable bonds is 13. The molecule has 4 aromatic rings. The van der Waals surface area contributed by atoms with Gasteiger partial charge in [-0.05, 0) is 67.8 Å². The largest absolute Gasteiger partial charge is 0.352 e. The van der Waals surface area contributed by atoms with E-state index in [0.29, 0.717) is 6.42 Å². The Balaban J connectivity index is 1.81. The summed E-state index contributed by atoms with van der Waals surface area (Å²) in [5.74, 6) is -1.81. The number of nitrogens with one attached hydrogen (secondary N) is 1. The van der Waals surface area contributed by atoms with Gasteiger partial charge < -0.3 is 10.2 Å². The molecule has 4 rings (SSSR count). The van der Waals surface area contributed by atoms with Crippen LogP contribution < -0.4 is 9.62 Å². The van der Waals surface area contributed by atoms with Gasteiger partial charge in [-0.1, -0.05) is 95.1 Å². The Morgan fingerprint density at radius 3 is 2.11 bits per heavy atom. The molecule has 0 unspecified atom stereocenters. The molecule has 0 fully saturated rings. The fourth-order valence-electron chi connectivity index (χ4n) is 4.79. The predicted octanol–water partition coefficient (Wildman–Crippen LogP) is 6.65. The third-order valence-electron chi connectivity index (χ3n) is 7.55. The molecule has 236 valence electrons. The zero-order valence-electron chi connectivity index (χ0n) is 25.5. The molecule has 2 amide bonds. The fourth-order valence-corrected chi connectivity index (χ4v) is 6.47. The first-order valence-electron chi connectivity index (χ1n) is 14.7. The molecule has 0 radical (unpaired) electrons. The number of hydrogen-bond donors (Lipinski definition) is 1. The Morgan fingerprint density at radius 1 is 0.867 bits per heavy atom. The molecule has 0 aliphatic heterocycles. The number of carbonyl (C=O) groups excluding carboxylic acids is 2. The molecule has 2 atom stereocenters. The van der Waals surface area contributed by atoms with Crippen LogP contribution in [0.4, 0.5) is 10.1 Å². The van der Waals surface area contributed by atoms with Gasteiger partial charge in [0.1, 0.15) is 18.4 Å². The summed E-state index contributed by atoms with van der Waals surface area (Å²) in [5.41, 5.74) is 2.14. The molecule has 0 heterocycles. The van der Waals surface area contributed by atoms with E-state index in [2.05, 4.69) is 21.2 Å². The lowest BCUT2D eigenvalue weighted by atomic mass is 10.0. The van der Waals surface area contributed by atoms with Gasteiger partial charge in [-0.3, -0.25) is 13.9 Å². The Hall–Kier alpha value is -4.02. The van der Waals surface area contributed by atoms with E-state index in [1.54, 1.807) is 12.1 Å². The van der Waals surface area contributed by atoms with E-state index in [9.17, 15) is 18.0 Å². The van der Waals surface area contributed by atoms with Gasteiger partial charge in [0.15, 0.2) is 0 Å². The van der Waals surface area contributed by atoms with Crippen molar-refractivity contribution >= 4 is 43.5 Å². The quantitative estimate of drug-likeness (QED) is 0.170. The smallest absolute Gasteiger partial charge is 0.264 e. The molecule has 0 saturated carbocycles. The summed E-state index contributed by atoms with van der Waals surface area (Å²) in [7, 11) is -4.39. The molecule has 0 spiro atoms. The first kappa shape index (κ1) is 33.9. The normalized spacial score (nSPS) is 12.6. The van der Waals surface area contributed by atoms with E-state index in [1.807, 2.05) is 75.4 Å². The second kappa shape index (κ2) is 15.3. The van der Waals surface area contributed by atoms with E-state index >= 15 is 4.39 Å². The van der Waals surface area contributed by atoms with Crippen LogP contribution in [0.5, 0.6) is 0 Å². The van der Waals surface area contributed by atoms with Crippen molar-refractivity contribution in [2.45, 2.75) is 57.1 Å². The van der Waals surface area contributed by atoms with Crippen molar-refractivity contribution < 1.29 is 22.4 Å². The molecule has 10 heteroatoms. The Kier molecular flexibility index (Phi) is 11.5. The number of anilines is 1. The van der Waals surface area contributed by atoms with Gasteiger partial charge in [-0.15, -0.1) is 0 Å². The van der Waals surface area contributed by atoms with E-state index < -0.39 is 34.3 Å². The Labute approximate surface area is 273 Å². The van der Waals surface area contributed by atoms with Crippen LogP contribution in [0.25, 0.3) is 0 Å². The number of para-hydroxylation sites is 1. The minimum atomic E-state index is -4.39. The molecule has 45 heavy (non-hydrogen) atoms. The molecule has 0 bridgehead atoms. The van der Waals surface area contributed by atoms with Crippen LogP contribution in [0, 0.1) is 12.7 Å². The second-order valence-electron chi connectivity index (χ2n) is 10.9. The van der Waals surface area contributed by atoms with Crippen LogP contribution >= 0.6 is 15.9 Å². The van der Waals surface area contributed by atoms with Crippen molar-refractivity contribution in [1.82, 2.24) is 10.2 Å². The number of sulfonamides is 1. The van der Waals surface area contributed by atoms with Crippen LogP contribution in [0.3, 0.4) is 0 Å². The highest BCUT2D eigenvalue weighted by Gasteiger charge is 2.35. The molecule has 7 nitrogen and oxygen atoms in total. The maximum atomic E-state index is 15.2. The van der Waals surface area contributed by atoms with Gasteiger partial charge >= 0.3 is 0 Å². The molecule has 0 saturated heterocycles. The molecule has 0 aromatic heterocycles. The van der Waals surface area contributed by atoms with Crippen LogP contribution in [-0.2, 0) is 32.6 Å². The first-order chi connectivity index (χ1) is 21.5. The number of halogens is 2. The van der Waals surface area contributed by atoms with Crippen molar-refractivity contribution in [3.05, 3.63) is 130 Å². The van der Waals surface area contributed by atoms with Gasteiger partial charge in [0.05, 0.1) is 10.6 Å². The van der Waals surface area contributed by atoms with Crippen LogP contribution in [-0.4, -0.2) is 43.8 Å². The van der Waals surface area contributed by atoms with Gasteiger partial charge in [0.2, 0.25) is 11.8 Å². The summed E-state index contributed by atoms with van der Waals surface area (Å²) in [5, 5.41) is 3.00. The monoisotopic (exact) mass is 693 g/mol. The van der Waals surface area contributed by atoms with Crippen molar-refractivity contribution in [2.24, 2.45) is 0 Å². The Bertz CT molecular complexity index is 1700. The predicted molar refractivity (Wildman–Crippen MR) is 179 cm³/mol. The summed E-state index contributed by atoms with van der Waals surface area (Å²) >= 11 is 3.43. The van der Waals surface area contributed by atoms with Gasteiger partial charge in [0.25, 0.3) is 10.0 Å². The molecular weight excluding hydrogens is 657 g/mol. The maximum Gasteiger partial charge on any atom is 0.264 e. The van der Waals surface area contributed by atoms with Gasteiger partial charge in [-0.2, -0.15) is 0 Å². The zero-order chi connectivity index (χ0) is 32.6. The lowest BCUT2D eigenvalue weighted by Crippen LogP contribution is -2.54. The molecular formula is C35H37BrFN3O4S. The number of carbonyl (C=O) groups is 2. The highest BCUT2D eigenvalue weighted by atomic mass is 79.9. The summed E-state index contributed by atoms with van der Waals surface area (Å²) in [6.07, 6.45) is 0.871. The van der Waals surface area contributed by atoms with Crippen molar-refractivity contribution in [3.63, 3.8) is 0 Å². The minimum absolute atomic E-state index is 0.0211. The third kappa shape index (κ3) is 8.79. The Morgan fingerprint density at radius 2 is 1.49 bits per heavy atom. The maximum absolute atomic E-state index is 15.2. The molecule has 1 N–H and O–H groups in total. The van der Waals surface area contributed by atoms with E-state index in [-0.39, 0.29) is 35.5 Å². The van der Waals surface area contributed by atoms with Crippen molar-refractivity contribution in [3.8, 4) is 0 Å². The standard InChI is InChI=1S/C35H37BrFN3O4S/c1-4-26(3)38-35(42)33(22-27-10-6-5-7-11-27)39(23-28-16-18-29(36)19-17-28)34(41)24-40(32-13-9-8-12-31(32)37)45(43,44)30-20-14-25(2)15-21-30/h5-21,26,33H,4,22-24H2,1-3H3,(H,38,42)/t26-,33-/m0/s1. The highest BCUT2D eigenvalue weighted by Crippen LogP contribution is 2.27. The fraction of sp³-hybridized carbons (Fsp3) is 0.257. The van der Waals surface area contributed by atoms with Crippen LogP contribution in [0.15, 0.2) is 112 Å². The zero-order valence-corrected chi connectivity index (χ0v) is 27.9. The third-order valence-corrected chi connectivity index (χ3v) is 9.85. The summed E-state index contributed by atoms with van der Waals surface area (Å²) in [6.45, 7) is 4.95. The SMILES string of the molecule is CC[C@H](C)NC(=O)[C@H](Cc1ccccc1)N(Cc1ccc(Br)cc1)C(=O)CN(c1ccccc1F)S(=O)(=O)c1ccc(C)cc1. The number of amides is 2. The average molecular weight is 695 g/mol. The minimum Gasteiger partial charge on any atom is -0.352 e. The number of nitrogens with zero attached hydrogens (tertiary/aromatic N) is 2. The van der Waals surface area contributed by atoms with Gasteiger partial charge in [0, 0.05) is 23.5 Å². The van der Waals surface area contributed by atoms with Gasteiger partial charge in [-0.25, -0.2) is 12.8 Å². The summed E-state index contributed by atoms with van der Waals surface area (Å²) < 4.78 is 44.9. The van der Waals surface area contributed by atoms with Crippen molar-refractivity contribution in [1.29, 1.82) is 0 Å². The number of aryl methyl sites for hydroxylation is 1. The number of hydrogen-bond acceptors (Lipinski definition) is 4. The van der Waals surface area contributed by atoms with E-state index in [4.69, 9.17) is 0 Å². The first-order valence-corrected chi connectivity index (χ1v) is 16.9. The molecule has 0 aliphatic carbocycles. The van der Waals surface area contributed by atoms with Crippen molar-refractivity contribution in [2.75, 3.05) is 10.8 Å². The highest BCUT2D eigenvalue weighted by molar-refractivity contribution is 9.10. The molecule has 4 aromatic carbocycles. The summed E-state index contributed by atoms with van der Waals surface area (Å²) in [6, 6.07) is 27.1. The van der Waals surface area contributed by atoms with E-state index in [1.165, 1.54) is 35.2 Å². The number of benzene rings is 4. The van der Waals surface area contributed by atoms with Crippen LogP contribution in [0.2, 0.25) is 0 Å².